The molecule has 1 aliphatic rings. The van der Waals surface area contributed by atoms with Gasteiger partial charge in [0, 0.05) is 34.7 Å². The molecule has 4 atom stereocenters. The van der Waals surface area contributed by atoms with Crippen LogP contribution >= 0.6 is 16.3 Å². The fourth-order valence-electron chi connectivity index (χ4n) is 6.94. The van der Waals surface area contributed by atoms with Crippen molar-refractivity contribution in [3.63, 3.8) is 0 Å². The molecule has 0 aliphatic carbocycles. The normalized spacial score (nSPS) is 19.2. The van der Waals surface area contributed by atoms with Crippen molar-refractivity contribution < 1.29 is 128 Å². The Morgan fingerprint density at radius 2 is 0.675 bits per heavy atom. The number of hydrogen-bond donors (Lipinski definition) is 0. The van der Waals surface area contributed by atoms with Crippen molar-refractivity contribution >= 4 is 45.8 Å². The molecular weight excluding hydrogens is 1170 g/mol. The highest BCUT2D eigenvalue weighted by Crippen LogP contribution is 2.51. The second kappa shape index (κ2) is 21.9. The molecule has 5 rings (SSSR count). The van der Waals surface area contributed by atoms with Crippen LogP contribution in [0.1, 0.15) is 71.7 Å². The van der Waals surface area contributed by atoms with Gasteiger partial charge in [0.2, 0.25) is 0 Å². The van der Waals surface area contributed by atoms with E-state index in [4.69, 9.17) is 22.9 Å². The molecule has 0 bridgehead atoms. The topological polar surface area (TPSA) is 46.2 Å². The Hall–Kier alpha value is -3.92. The molecule has 430 valence electrons. The molecule has 1 saturated heterocycles. The zero-order valence-corrected chi connectivity index (χ0v) is 42.4. The minimum atomic E-state index is -5.79. The van der Waals surface area contributed by atoms with Crippen LogP contribution in [0.15, 0.2) is 72.8 Å². The summed E-state index contributed by atoms with van der Waals surface area (Å²) in [5, 5.41) is -6.70. The third-order valence-corrected chi connectivity index (χ3v) is 20.2. The van der Waals surface area contributed by atoms with Gasteiger partial charge in [-0.05, 0) is 90.9 Å². The highest BCUT2D eigenvalue weighted by Gasteiger charge is 2.49. The molecule has 1 fully saturated rings. The second-order valence-electron chi connectivity index (χ2n) is 18.5. The Morgan fingerprint density at radius 3 is 0.896 bits per heavy atom. The maximum Gasteiger partial charge on any atom is 0.416 e. The molecule has 0 amide bonds. The first kappa shape index (κ1) is 63.9. The average Bonchev–Trinajstić information content (AvgIpc) is 3.26. The highest BCUT2D eigenvalue weighted by molar-refractivity contribution is 7.69. The van der Waals surface area contributed by atoms with Gasteiger partial charge in [-0.2, -0.15) is 105 Å². The first-order valence-electron chi connectivity index (χ1n) is 21.4. The lowest BCUT2D eigenvalue weighted by Gasteiger charge is -2.45. The third kappa shape index (κ3) is 15.9. The number of halogens is 24. The van der Waals surface area contributed by atoms with Gasteiger partial charge in [0.1, 0.15) is 12.2 Å². The number of alkyl halides is 24. The van der Waals surface area contributed by atoms with Gasteiger partial charge in [0.25, 0.3) is 0 Å². The van der Waals surface area contributed by atoms with Crippen molar-refractivity contribution in [3.8, 4) is 0 Å². The van der Waals surface area contributed by atoms with Gasteiger partial charge in [-0.25, -0.2) is 0 Å². The molecule has 4 aromatic rings. The summed E-state index contributed by atoms with van der Waals surface area (Å²) in [6.45, 7) is 6.99. The highest BCUT2D eigenvalue weighted by atomic mass is 31.1. The summed E-state index contributed by atoms with van der Waals surface area (Å²) in [7, 11) is -10.6. The van der Waals surface area contributed by atoms with Crippen molar-refractivity contribution in [2.75, 3.05) is 13.7 Å². The molecule has 5 nitrogen and oxygen atoms in total. The molecular formula is C45H38F24O5P2Si. The van der Waals surface area contributed by atoms with E-state index >= 15 is 0 Å². The molecule has 0 spiro atoms. The monoisotopic (exact) mass is 1200 g/mol. The Morgan fingerprint density at radius 1 is 0.429 bits per heavy atom. The van der Waals surface area contributed by atoms with Crippen LogP contribution in [0.5, 0.6) is 0 Å². The number of benzene rings is 4. The minimum absolute atomic E-state index is 0.162. The first-order valence-corrected chi connectivity index (χ1v) is 26.9. The maximum atomic E-state index is 14.4. The van der Waals surface area contributed by atoms with Crippen molar-refractivity contribution in [3.05, 3.63) is 117 Å². The van der Waals surface area contributed by atoms with E-state index in [1.54, 1.807) is 33.9 Å². The molecule has 0 unspecified atom stereocenters. The van der Waals surface area contributed by atoms with Gasteiger partial charge in [0.15, 0.2) is 14.6 Å². The zero-order valence-electron chi connectivity index (χ0n) is 39.7. The molecule has 1 aliphatic heterocycles. The predicted octanol–water partition coefficient (Wildman–Crippen LogP) is 15.8. The summed E-state index contributed by atoms with van der Waals surface area (Å²) in [6, 6.07) is -3.30. The average molecular weight is 1200 g/mol. The Balaban J connectivity index is 1.96. The van der Waals surface area contributed by atoms with E-state index in [9.17, 15) is 105 Å². The van der Waals surface area contributed by atoms with Gasteiger partial charge in [-0.1, -0.05) is 20.8 Å². The molecule has 32 heteroatoms. The third-order valence-electron chi connectivity index (χ3n) is 11.9. The van der Waals surface area contributed by atoms with E-state index in [0.29, 0.717) is 0 Å². The van der Waals surface area contributed by atoms with E-state index in [1.807, 2.05) is 0 Å². The fraction of sp³-hybridized carbons (Fsp3) is 0.467. The molecule has 0 radical (unpaired) electrons. The number of hydrogen-bond acceptors (Lipinski definition) is 5. The summed E-state index contributed by atoms with van der Waals surface area (Å²) in [4.78, 5) is 0. The van der Waals surface area contributed by atoms with E-state index in [1.165, 1.54) is 0 Å². The summed E-state index contributed by atoms with van der Waals surface area (Å²) in [6.07, 6.45) is -56.4. The molecule has 0 N–H and O–H groups in total. The zero-order chi connectivity index (χ0) is 58.8. The van der Waals surface area contributed by atoms with Gasteiger partial charge in [-0.3, -0.25) is 0 Å². The van der Waals surface area contributed by atoms with Crippen LogP contribution in [0.4, 0.5) is 105 Å². The number of ether oxygens (including phenoxy) is 2. The van der Waals surface area contributed by atoms with Crippen LogP contribution in [0.3, 0.4) is 0 Å². The summed E-state index contributed by atoms with van der Waals surface area (Å²) < 4.78 is 376. The molecule has 0 saturated carbocycles. The van der Waals surface area contributed by atoms with Crippen molar-refractivity contribution in [1.82, 2.24) is 0 Å². The molecule has 1 heterocycles. The molecule has 77 heavy (non-hydrogen) atoms. The van der Waals surface area contributed by atoms with Crippen molar-refractivity contribution in [2.24, 2.45) is 0 Å². The van der Waals surface area contributed by atoms with E-state index in [-0.39, 0.29) is 48.5 Å². The molecule has 0 aromatic heterocycles. The van der Waals surface area contributed by atoms with Crippen LogP contribution in [0.25, 0.3) is 0 Å². The van der Waals surface area contributed by atoms with E-state index in [2.05, 4.69) is 0 Å². The standard InChI is InChI=1S/C45H38F24O5P2Si/c1-37(2,3)77(5,6)71-20-34-36(74-76(31-15-25(42(58,59)60)9-26(16-31)43(61,62)63)32-17-27(44(64,65)66)10-28(18-32)45(67,68)69)33(19-35(70-4)72-34)73-75(29-11-21(38(46,47)48)7-22(12-29)39(49,50)51)30-13-23(40(52,53)54)8-24(14-30)41(55,56)57/h7-18,33-36H,19-20H2,1-6H3/t33-,34-,35+,36+/m1/s1. The smallest absolute Gasteiger partial charge is 0.414 e. The van der Waals surface area contributed by atoms with Gasteiger partial charge in [-0.15, -0.1) is 0 Å². The van der Waals surface area contributed by atoms with Crippen molar-refractivity contribution in [2.45, 2.75) is 119 Å². The number of rotatable bonds is 12. The summed E-state index contributed by atoms with van der Waals surface area (Å²) in [5.41, 5.74) is -17.8. The predicted molar refractivity (Wildman–Crippen MR) is 231 cm³/mol. The van der Waals surface area contributed by atoms with Crippen LogP contribution in [-0.4, -0.2) is 46.6 Å². The Bertz CT molecular complexity index is 2440. The quantitative estimate of drug-likeness (QED) is 0.0804. The minimum Gasteiger partial charge on any atom is -0.414 e. The van der Waals surface area contributed by atoms with Crippen LogP contribution in [0.2, 0.25) is 18.1 Å². The van der Waals surface area contributed by atoms with Gasteiger partial charge in [0.05, 0.1) is 73.5 Å². The largest absolute Gasteiger partial charge is 0.416 e. The first-order chi connectivity index (χ1) is 34.5. The number of methoxy groups -OCH3 is 1. The Labute approximate surface area is 423 Å². The second-order valence-corrected chi connectivity index (χ2v) is 27.0. The van der Waals surface area contributed by atoms with Crippen LogP contribution < -0.4 is 21.2 Å². The van der Waals surface area contributed by atoms with Crippen molar-refractivity contribution in [1.29, 1.82) is 0 Å². The Kier molecular flexibility index (Phi) is 18.1. The van der Waals surface area contributed by atoms with Crippen LogP contribution in [0, 0.1) is 0 Å². The maximum absolute atomic E-state index is 14.4. The van der Waals surface area contributed by atoms with Crippen LogP contribution in [-0.2, 0) is 72.4 Å². The SMILES string of the molecule is CO[C@@H]1C[C@@H](OP(c2cc(C(F)(F)F)cc(C(F)(F)F)c2)c2cc(C(F)(F)F)cc(C(F)(F)F)c2)[C@H](OP(c2cc(C(F)(F)F)cc(C(F)(F)F)c2)c2cc(C(F)(F)F)cc(C(F)(F)F)c2)[C@@H](CO[Si](C)(C)C(C)(C)C)O1. The lowest BCUT2D eigenvalue weighted by atomic mass is 10.0. The lowest BCUT2D eigenvalue weighted by molar-refractivity contribution is -0.236. The van der Waals surface area contributed by atoms with Gasteiger partial charge < -0.3 is 22.9 Å². The van der Waals surface area contributed by atoms with E-state index < -0.39 is 207 Å². The lowest BCUT2D eigenvalue weighted by Crippen LogP contribution is -2.54. The van der Waals surface area contributed by atoms with Gasteiger partial charge >= 0.3 is 49.4 Å². The fourth-order valence-corrected chi connectivity index (χ4v) is 12.1. The van der Waals surface area contributed by atoms with E-state index in [0.717, 1.165) is 7.11 Å². The molecule has 4 aromatic carbocycles. The summed E-state index contributed by atoms with van der Waals surface area (Å²) >= 11 is 0. The summed E-state index contributed by atoms with van der Waals surface area (Å²) in [5.74, 6) is 0.